The van der Waals surface area contributed by atoms with Gasteiger partial charge in [-0.25, -0.2) is 13.1 Å². The van der Waals surface area contributed by atoms with Crippen molar-refractivity contribution in [2.24, 2.45) is 5.41 Å². The van der Waals surface area contributed by atoms with Gasteiger partial charge in [-0.05, 0) is 43.5 Å². The van der Waals surface area contributed by atoms with Crippen LogP contribution in [0, 0.1) is 5.41 Å². The average Bonchev–Trinajstić information content (AvgIpc) is 3.12. The van der Waals surface area contributed by atoms with Gasteiger partial charge in [0.1, 0.15) is 0 Å². The first-order valence-electron chi connectivity index (χ1n) is 10.9. The summed E-state index contributed by atoms with van der Waals surface area (Å²) in [5.41, 5.74) is 2.66. The van der Waals surface area contributed by atoms with Crippen LogP contribution in [0.1, 0.15) is 24.0 Å². The summed E-state index contributed by atoms with van der Waals surface area (Å²) in [5, 5.41) is 0. The van der Waals surface area contributed by atoms with E-state index in [0.717, 1.165) is 58.5 Å². The van der Waals surface area contributed by atoms with Gasteiger partial charge in [-0.2, -0.15) is 0 Å². The normalized spacial score (nSPS) is 25.7. The van der Waals surface area contributed by atoms with Gasteiger partial charge in [0, 0.05) is 37.6 Å². The van der Waals surface area contributed by atoms with Crippen LogP contribution in [0.15, 0.2) is 60.7 Å². The fraction of sp³-hybridized carbons (Fsp3) is 0.500. The SMILES string of the molecule is CS(=O)(=O)N[C@H]1CCN(CCc2ccccc2)C[C@@]12CCN(Cc1ccccc1)C2. The van der Waals surface area contributed by atoms with Crippen LogP contribution in [0.2, 0.25) is 0 Å². The fourth-order valence-corrected chi connectivity index (χ4v) is 6.08. The summed E-state index contributed by atoms with van der Waals surface area (Å²) in [6, 6.07) is 21.2. The molecule has 2 aromatic carbocycles. The minimum Gasteiger partial charge on any atom is -0.302 e. The zero-order valence-electron chi connectivity index (χ0n) is 17.8. The molecule has 0 aromatic heterocycles. The molecule has 0 bridgehead atoms. The second-order valence-electron chi connectivity index (χ2n) is 9.05. The lowest BCUT2D eigenvalue weighted by atomic mass is 9.75. The van der Waals surface area contributed by atoms with E-state index in [4.69, 9.17) is 0 Å². The molecule has 0 radical (unpaired) electrons. The van der Waals surface area contributed by atoms with Crippen molar-refractivity contribution < 1.29 is 8.42 Å². The first-order chi connectivity index (χ1) is 14.4. The summed E-state index contributed by atoms with van der Waals surface area (Å²) in [4.78, 5) is 5.03. The van der Waals surface area contributed by atoms with Crippen LogP contribution in [0.25, 0.3) is 0 Å². The van der Waals surface area contributed by atoms with Gasteiger partial charge in [-0.3, -0.25) is 4.90 Å². The first-order valence-corrected chi connectivity index (χ1v) is 12.8. The van der Waals surface area contributed by atoms with Crippen LogP contribution in [0.3, 0.4) is 0 Å². The van der Waals surface area contributed by atoms with Gasteiger partial charge in [0.15, 0.2) is 0 Å². The summed E-state index contributed by atoms with van der Waals surface area (Å²) in [5.74, 6) is 0. The first kappa shape index (κ1) is 21.5. The van der Waals surface area contributed by atoms with Crippen molar-refractivity contribution in [3.05, 3.63) is 71.8 Å². The van der Waals surface area contributed by atoms with E-state index in [9.17, 15) is 8.42 Å². The summed E-state index contributed by atoms with van der Waals surface area (Å²) in [6.07, 6.45) is 4.24. The Morgan fingerprint density at radius 1 is 0.933 bits per heavy atom. The van der Waals surface area contributed by atoms with Crippen LogP contribution < -0.4 is 4.72 Å². The number of hydrogen-bond donors (Lipinski definition) is 1. The monoisotopic (exact) mass is 427 g/mol. The minimum atomic E-state index is -3.22. The summed E-state index contributed by atoms with van der Waals surface area (Å²) in [7, 11) is -3.22. The Morgan fingerprint density at radius 2 is 1.57 bits per heavy atom. The van der Waals surface area contributed by atoms with Crippen molar-refractivity contribution in [3.63, 3.8) is 0 Å². The number of hydrogen-bond acceptors (Lipinski definition) is 4. The van der Waals surface area contributed by atoms with E-state index in [0.29, 0.717) is 0 Å². The molecule has 2 aromatic rings. The minimum absolute atomic E-state index is 0.0150. The molecule has 2 atom stereocenters. The zero-order chi connectivity index (χ0) is 21.0. The van der Waals surface area contributed by atoms with E-state index in [2.05, 4.69) is 69.1 Å². The lowest BCUT2D eigenvalue weighted by Gasteiger charge is -2.46. The van der Waals surface area contributed by atoms with Crippen molar-refractivity contribution in [1.82, 2.24) is 14.5 Å². The number of piperidine rings is 1. The average molecular weight is 428 g/mol. The number of benzene rings is 2. The molecule has 4 rings (SSSR count). The molecule has 30 heavy (non-hydrogen) atoms. The van der Waals surface area contributed by atoms with Crippen molar-refractivity contribution in [1.29, 1.82) is 0 Å². The summed E-state index contributed by atoms with van der Waals surface area (Å²) >= 11 is 0. The Bertz CT molecular complexity index is 920. The molecule has 0 aliphatic carbocycles. The van der Waals surface area contributed by atoms with Gasteiger partial charge >= 0.3 is 0 Å². The highest BCUT2D eigenvalue weighted by Crippen LogP contribution is 2.40. The Kier molecular flexibility index (Phi) is 6.58. The fourth-order valence-electron chi connectivity index (χ4n) is 5.19. The molecule has 2 fully saturated rings. The predicted molar refractivity (Wildman–Crippen MR) is 122 cm³/mol. The van der Waals surface area contributed by atoms with Gasteiger partial charge in [0.05, 0.1) is 6.26 Å². The molecule has 162 valence electrons. The maximum absolute atomic E-state index is 12.1. The van der Waals surface area contributed by atoms with Gasteiger partial charge in [0.2, 0.25) is 10.0 Å². The van der Waals surface area contributed by atoms with E-state index in [1.807, 2.05) is 6.07 Å². The van der Waals surface area contributed by atoms with Crippen LogP contribution in [0.5, 0.6) is 0 Å². The number of rotatable bonds is 7. The molecule has 1 spiro atoms. The van der Waals surface area contributed by atoms with Crippen molar-refractivity contribution in [3.8, 4) is 0 Å². The molecule has 2 saturated heterocycles. The molecule has 6 heteroatoms. The molecule has 0 unspecified atom stereocenters. The Morgan fingerprint density at radius 3 is 2.23 bits per heavy atom. The van der Waals surface area contributed by atoms with Gasteiger partial charge in [-0.1, -0.05) is 60.7 Å². The van der Waals surface area contributed by atoms with Gasteiger partial charge in [0.25, 0.3) is 0 Å². The van der Waals surface area contributed by atoms with Crippen molar-refractivity contribution in [2.45, 2.75) is 31.8 Å². The molecule has 2 aliphatic heterocycles. The Hall–Kier alpha value is -1.73. The van der Waals surface area contributed by atoms with Crippen LogP contribution in [-0.2, 0) is 23.0 Å². The van der Waals surface area contributed by atoms with E-state index >= 15 is 0 Å². The Balaban J connectivity index is 1.45. The van der Waals surface area contributed by atoms with Crippen LogP contribution >= 0.6 is 0 Å². The third-order valence-corrected chi connectivity index (χ3v) is 7.35. The second kappa shape index (κ2) is 9.18. The van der Waals surface area contributed by atoms with Gasteiger partial charge < -0.3 is 4.90 Å². The lowest BCUT2D eigenvalue weighted by Crippen LogP contribution is -2.59. The molecule has 0 amide bonds. The number of likely N-dealkylation sites (tertiary alicyclic amines) is 2. The highest BCUT2D eigenvalue weighted by atomic mass is 32.2. The zero-order valence-corrected chi connectivity index (χ0v) is 18.7. The third-order valence-electron chi connectivity index (χ3n) is 6.64. The molecular weight excluding hydrogens is 394 g/mol. The molecule has 1 N–H and O–H groups in total. The smallest absolute Gasteiger partial charge is 0.208 e. The lowest BCUT2D eigenvalue weighted by molar-refractivity contribution is 0.0648. The maximum Gasteiger partial charge on any atom is 0.208 e. The van der Waals surface area contributed by atoms with E-state index in [1.165, 1.54) is 17.4 Å². The van der Waals surface area contributed by atoms with E-state index < -0.39 is 10.0 Å². The Labute approximate surface area is 181 Å². The number of nitrogens with one attached hydrogen (secondary N) is 1. The largest absolute Gasteiger partial charge is 0.302 e. The third kappa shape index (κ3) is 5.49. The number of sulfonamides is 1. The van der Waals surface area contributed by atoms with E-state index in [1.54, 1.807) is 0 Å². The molecular formula is C24H33N3O2S. The quantitative estimate of drug-likeness (QED) is 0.738. The number of nitrogens with zero attached hydrogens (tertiary/aromatic N) is 2. The van der Waals surface area contributed by atoms with Crippen molar-refractivity contribution >= 4 is 10.0 Å². The molecule has 2 aliphatic rings. The molecule has 2 heterocycles. The van der Waals surface area contributed by atoms with Crippen molar-refractivity contribution in [2.75, 3.05) is 39.0 Å². The second-order valence-corrected chi connectivity index (χ2v) is 10.8. The topological polar surface area (TPSA) is 52.7 Å². The predicted octanol–water partition coefficient (Wildman–Crippen LogP) is 2.74. The maximum atomic E-state index is 12.1. The molecule has 0 saturated carbocycles. The summed E-state index contributed by atoms with van der Waals surface area (Å²) in [6.45, 7) is 5.81. The molecule has 5 nitrogen and oxygen atoms in total. The van der Waals surface area contributed by atoms with Crippen LogP contribution in [0.4, 0.5) is 0 Å². The highest BCUT2D eigenvalue weighted by Gasteiger charge is 2.48. The summed E-state index contributed by atoms with van der Waals surface area (Å²) < 4.78 is 27.1. The highest BCUT2D eigenvalue weighted by molar-refractivity contribution is 7.88. The van der Waals surface area contributed by atoms with E-state index in [-0.39, 0.29) is 11.5 Å². The van der Waals surface area contributed by atoms with Crippen LogP contribution in [-0.4, -0.2) is 63.2 Å². The van der Waals surface area contributed by atoms with Gasteiger partial charge in [-0.15, -0.1) is 0 Å². The standard InChI is InChI=1S/C24H33N3O2S/c1-30(28,29)25-23-13-16-26(15-12-21-8-4-2-5-9-21)19-24(23)14-17-27(20-24)18-22-10-6-3-7-11-22/h2-11,23,25H,12-20H2,1H3/t23-,24+/m0/s1.